The molecule has 0 spiro atoms. The third-order valence-corrected chi connectivity index (χ3v) is 4.74. The Hall–Kier alpha value is -0.0500. The molecule has 3 heteroatoms. The lowest BCUT2D eigenvalue weighted by molar-refractivity contribution is -0.184. The highest BCUT2D eigenvalue weighted by Crippen LogP contribution is 2.39. The predicted molar refractivity (Wildman–Crippen MR) is 88.8 cm³/mol. The van der Waals surface area contributed by atoms with Gasteiger partial charge in [-0.15, -0.1) is 11.6 Å². The van der Waals surface area contributed by atoms with Crippen LogP contribution in [0.4, 0.5) is 0 Å². The molecule has 0 N–H and O–H groups in total. The van der Waals surface area contributed by atoms with Gasteiger partial charge >= 0.3 is 0 Å². The first-order chi connectivity index (χ1) is 10.1. The molecular formula is C18H31ClO2. The van der Waals surface area contributed by atoms with Crippen molar-refractivity contribution < 1.29 is 9.47 Å². The highest BCUT2D eigenvalue weighted by Gasteiger charge is 2.30. The van der Waals surface area contributed by atoms with Crippen molar-refractivity contribution in [3.8, 4) is 0 Å². The van der Waals surface area contributed by atoms with Crippen LogP contribution in [0, 0.1) is 5.41 Å². The summed E-state index contributed by atoms with van der Waals surface area (Å²) in [5, 5.41) is 0. The van der Waals surface area contributed by atoms with E-state index in [1.54, 1.807) is 5.57 Å². The van der Waals surface area contributed by atoms with Crippen molar-refractivity contribution in [1.82, 2.24) is 0 Å². The van der Waals surface area contributed by atoms with Gasteiger partial charge in [-0.2, -0.15) is 0 Å². The molecule has 1 aliphatic carbocycles. The Morgan fingerprint density at radius 2 is 2.14 bits per heavy atom. The maximum Gasteiger partial charge on any atom is 0.158 e. The summed E-state index contributed by atoms with van der Waals surface area (Å²) in [6, 6.07) is 0. The van der Waals surface area contributed by atoms with Gasteiger partial charge in [0.2, 0.25) is 0 Å². The molecule has 1 fully saturated rings. The highest BCUT2D eigenvalue weighted by atomic mass is 35.5. The van der Waals surface area contributed by atoms with E-state index in [-0.39, 0.29) is 12.4 Å². The molecule has 1 aliphatic heterocycles. The second-order valence-electron chi connectivity index (χ2n) is 7.34. The summed E-state index contributed by atoms with van der Waals surface area (Å²) in [7, 11) is 0. The Balaban J connectivity index is 1.85. The van der Waals surface area contributed by atoms with Crippen molar-refractivity contribution in [2.24, 2.45) is 5.41 Å². The molecule has 0 aromatic carbocycles. The minimum atomic E-state index is 0.0198. The monoisotopic (exact) mass is 314 g/mol. The summed E-state index contributed by atoms with van der Waals surface area (Å²) in [6.45, 7) is 5.57. The van der Waals surface area contributed by atoms with Gasteiger partial charge in [-0.25, -0.2) is 0 Å². The number of alkyl halides is 1. The van der Waals surface area contributed by atoms with Gasteiger partial charge in [-0.05, 0) is 56.8 Å². The first-order valence-corrected chi connectivity index (χ1v) is 9.15. The lowest BCUT2D eigenvalue weighted by Crippen LogP contribution is -2.33. The molecule has 0 saturated carbocycles. The molecule has 1 saturated heterocycles. The van der Waals surface area contributed by atoms with Crippen LogP contribution in [-0.4, -0.2) is 24.9 Å². The van der Waals surface area contributed by atoms with Crippen molar-refractivity contribution in [2.45, 2.75) is 84.0 Å². The molecule has 0 aromatic rings. The topological polar surface area (TPSA) is 18.5 Å². The summed E-state index contributed by atoms with van der Waals surface area (Å²) in [6.07, 6.45) is 13.2. The molecule has 2 nitrogen and oxygen atoms in total. The van der Waals surface area contributed by atoms with Crippen LogP contribution >= 0.6 is 11.6 Å². The minimum absolute atomic E-state index is 0.0198. The van der Waals surface area contributed by atoms with E-state index in [4.69, 9.17) is 21.1 Å². The second-order valence-corrected chi connectivity index (χ2v) is 7.72. The first-order valence-electron chi connectivity index (χ1n) is 8.62. The lowest BCUT2D eigenvalue weighted by Gasteiger charge is -2.37. The highest BCUT2D eigenvalue weighted by molar-refractivity contribution is 6.17. The molecule has 0 radical (unpaired) electrons. The van der Waals surface area contributed by atoms with Gasteiger partial charge < -0.3 is 9.47 Å². The van der Waals surface area contributed by atoms with Crippen LogP contribution in [0.25, 0.3) is 0 Å². The molecule has 2 aliphatic rings. The van der Waals surface area contributed by atoms with Gasteiger partial charge in [0, 0.05) is 12.5 Å². The fourth-order valence-corrected chi connectivity index (χ4v) is 3.70. The Morgan fingerprint density at radius 1 is 1.29 bits per heavy atom. The molecule has 21 heavy (non-hydrogen) atoms. The molecule has 2 atom stereocenters. The van der Waals surface area contributed by atoms with Crippen LogP contribution in [-0.2, 0) is 9.47 Å². The molecule has 1 heterocycles. The van der Waals surface area contributed by atoms with Gasteiger partial charge in [-0.3, -0.25) is 0 Å². The van der Waals surface area contributed by atoms with E-state index < -0.39 is 0 Å². The molecule has 122 valence electrons. The van der Waals surface area contributed by atoms with Crippen LogP contribution in [0.2, 0.25) is 0 Å². The number of hydrogen-bond donors (Lipinski definition) is 0. The Kier molecular flexibility index (Phi) is 7.04. The average molecular weight is 315 g/mol. The number of allylic oxidation sites excluding steroid dienone is 1. The molecular weight excluding hydrogens is 284 g/mol. The van der Waals surface area contributed by atoms with Crippen molar-refractivity contribution in [3.63, 3.8) is 0 Å². The van der Waals surface area contributed by atoms with Gasteiger partial charge in [0.25, 0.3) is 0 Å². The fourth-order valence-electron chi connectivity index (χ4n) is 3.51. The van der Waals surface area contributed by atoms with Crippen LogP contribution in [0.5, 0.6) is 0 Å². The van der Waals surface area contributed by atoms with Gasteiger partial charge in [0.15, 0.2) is 6.29 Å². The second kappa shape index (κ2) is 8.55. The number of rotatable bonds is 7. The average Bonchev–Trinajstić information content (AvgIpc) is 2.43. The minimum Gasteiger partial charge on any atom is -0.353 e. The van der Waals surface area contributed by atoms with Gasteiger partial charge in [0.05, 0.1) is 6.10 Å². The molecule has 2 rings (SSSR count). The standard InChI is InChI=1S/C18H31ClO2/c1-18(2)13-15(8-4-3-6-10-19)12-16(14-18)21-17-9-5-7-11-20-17/h12,16-17H,3-11,13-14H2,1-2H3. The number of hydrogen-bond acceptors (Lipinski definition) is 2. The molecule has 0 amide bonds. The zero-order chi connectivity index (χ0) is 15.1. The lowest BCUT2D eigenvalue weighted by atomic mass is 9.75. The summed E-state index contributed by atoms with van der Waals surface area (Å²) in [4.78, 5) is 0. The SMILES string of the molecule is CC1(C)CC(CCCCCCl)=CC(OC2CCCCO2)C1. The van der Waals surface area contributed by atoms with Crippen LogP contribution in [0.15, 0.2) is 11.6 Å². The maximum atomic E-state index is 6.21. The largest absolute Gasteiger partial charge is 0.353 e. The fraction of sp³-hybridized carbons (Fsp3) is 0.889. The summed E-state index contributed by atoms with van der Waals surface area (Å²) in [5.41, 5.74) is 1.91. The predicted octanol–water partition coefficient (Wildman–Crippen LogP) is 5.44. The smallest absolute Gasteiger partial charge is 0.158 e. The van der Waals surface area contributed by atoms with Crippen molar-refractivity contribution in [2.75, 3.05) is 12.5 Å². The van der Waals surface area contributed by atoms with Gasteiger partial charge in [0.1, 0.15) is 0 Å². The summed E-state index contributed by atoms with van der Waals surface area (Å²) in [5.74, 6) is 0.787. The van der Waals surface area contributed by atoms with Crippen LogP contribution in [0.3, 0.4) is 0 Å². The first kappa shape index (κ1) is 17.3. The van der Waals surface area contributed by atoms with Gasteiger partial charge in [-0.1, -0.05) is 31.9 Å². The van der Waals surface area contributed by atoms with E-state index in [2.05, 4.69) is 19.9 Å². The van der Waals surface area contributed by atoms with Crippen LogP contribution < -0.4 is 0 Å². The van der Waals surface area contributed by atoms with Crippen molar-refractivity contribution >= 4 is 11.6 Å². The normalized spacial score (nSPS) is 29.2. The number of ether oxygens (including phenoxy) is 2. The van der Waals surface area contributed by atoms with E-state index in [1.807, 2.05) is 0 Å². The quantitative estimate of drug-likeness (QED) is 0.354. The number of halogens is 1. The van der Waals surface area contributed by atoms with E-state index in [0.29, 0.717) is 5.41 Å². The van der Waals surface area contributed by atoms with E-state index in [9.17, 15) is 0 Å². The van der Waals surface area contributed by atoms with Crippen molar-refractivity contribution in [3.05, 3.63) is 11.6 Å². The van der Waals surface area contributed by atoms with E-state index in [0.717, 1.165) is 31.7 Å². The maximum absolute atomic E-state index is 6.21. The molecule has 2 unspecified atom stereocenters. The van der Waals surface area contributed by atoms with Crippen LogP contribution in [0.1, 0.15) is 71.6 Å². The number of unbranched alkanes of at least 4 members (excludes halogenated alkanes) is 2. The van der Waals surface area contributed by atoms with E-state index >= 15 is 0 Å². The Labute approximate surface area is 135 Å². The van der Waals surface area contributed by atoms with Crippen molar-refractivity contribution in [1.29, 1.82) is 0 Å². The summed E-state index contributed by atoms with van der Waals surface area (Å²) < 4.78 is 11.9. The Bertz CT molecular complexity index is 332. The zero-order valence-electron chi connectivity index (χ0n) is 13.7. The molecule has 0 bridgehead atoms. The third-order valence-electron chi connectivity index (χ3n) is 4.48. The zero-order valence-corrected chi connectivity index (χ0v) is 14.5. The van der Waals surface area contributed by atoms with E-state index in [1.165, 1.54) is 38.5 Å². The third kappa shape index (κ3) is 6.30. The molecule has 0 aromatic heterocycles. The Morgan fingerprint density at radius 3 is 2.86 bits per heavy atom. The summed E-state index contributed by atoms with van der Waals surface area (Å²) >= 11 is 5.75.